The van der Waals surface area contributed by atoms with Crippen molar-refractivity contribution in [3.63, 3.8) is 0 Å². The average Bonchev–Trinajstić information content (AvgIpc) is 3.16. The van der Waals surface area contributed by atoms with Crippen LogP contribution in [0.15, 0.2) is 24.3 Å². The van der Waals surface area contributed by atoms with Crippen LogP contribution in [0, 0.1) is 52.3 Å². The molecule has 1 amide bonds. The van der Waals surface area contributed by atoms with E-state index in [4.69, 9.17) is 5.73 Å². The number of carbonyl (C=O) groups excluding carboxylic acids is 2. The van der Waals surface area contributed by atoms with Crippen molar-refractivity contribution in [1.82, 2.24) is 0 Å². The van der Waals surface area contributed by atoms with Crippen molar-refractivity contribution in [2.75, 3.05) is 0 Å². The fraction of sp³-hybridized carbons (Fsp3) is 0.667. The lowest BCUT2D eigenvalue weighted by Gasteiger charge is -2.61. The number of amides is 1. The molecule has 1 aromatic carbocycles. The van der Waals surface area contributed by atoms with Gasteiger partial charge in [-0.3, -0.25) is 9.59 Å². The van der Waals surface area contributed by atoms with Crippen LogP contribution in [-0.2, 0) is 4.79 Å². The number of rotatable bonds is 2. The average molecular weight is 462 g/mol. The zero-order chi connectivity index (χ0) is 24.3. The van der Waals surface area contributed by atoms with Crippen LogP contribution in [0.5, 0.6) is 0 Å². The Kier molecular flexibility index (Phi) is 5.72. The fourth-order valence-corrected chi connectivity index (χ4v) is 8.93. The van der Waals surface area contributed by atoms with Crippen molar-refractivity contribution >= 4 is 11.7 Å². The summed E-state index contributed by atoms with van der Waals surface area (Å²) in [6, 6.07) is 6.96. The molecule has 0 aromatic heterocycles. The van der Waals surface area contributed by atoms with Gasteiger partial charge < -0.3 is 10.8 Å². The Labute approximate surface area is 204 Å². The number of hydrogen-bond acceptors (Lipinski definition) is 3. The van der Waals surface area contributed by atoms with Gasteiger partial charge in [-0.05, 0) is 123 Å². The second-order valence-corrected chi connectivity index (χ2v) is 12.4. The molecule has 4 fully saturated rings. The predicted octanol–water partition coefficient (Wildman–Crippen LogP) is 5.12. The lowest BCUT2D eigenvalue weighted by atomic mass is 9.44. The first-order valence-electron chi connectivity index (χ1n) is 13.2. The summed E-state index contributed by atoms with van der Waals surface area (Å²) < 4.78 is 0. The molecule has 0 radical (unpaired) electrons. The summed E-state index contributed by atoms with van der Waals surface area (Å²) in [7, 11) is 0. The van der Waals surface area contributed by atoms with Gasteiger partial charge in [-0.15, -0.1) is 0 Å². The first kappa shape index (κ1) is 23.6. The molecule has 5 rings (SSSR count). The Morgan fingerprint density at radius 1 is 0.941 bits per heavy atom. The third-order valence-corrected chi connectivity index (χ3v) is 10.8. The first-order valence-corrected chi connectivity index (χ1v) is 13.2. The molecule has 0 saturated heterocycles. The van der Waals surface area contributed by atoms with Crippen molar-refractivity contribution < 1.29 is 14.7 Å². The zero-order valence-electron chi connectivity index (χ0n) is 20.9. The van der Waals surface area contributed by atoms with Gasteiger partial charge in [0.05, 0.1) is 0 Å². The number of primary amides is 1. The number of benzene rings is 1. The van der Waals surface area contributed by atoms with Crippen molar-refractivity contribution in [3.8, 4) is 11.8 Å². The molecule has 8 atom stereocenters. The monoisotopic (exact) mass is 461 g/mol. The summed E-state index contributed by atoms with van der Waals surface area (Å²) in [5.74, 6) is 9.16. The van der Waals surface area contributed by atoms with Crippen LogP contribution in [0.3, 0.4) is 0 Å². The molecule has 4 heteroatoms. The van der Waals surface area contributed by atoms with E-state index in [1.165, 1.54) is 25.7 Å². The van der Waals surface area contributed by atoms with E-state index in [0.717, 1.165) is 37.2 Å². The molecule has 4 aliphatic carbocycles. The van der Waals surface area contributed by atoms with Gasteiger partial charge in [0.15, 0.2) is 0 Å². The maximum Gasteiger partial charge on any atom is 0.248 e. The molecule has 0 unspecified atom stereocenters. The van der Waals surface area contributed by atoms with Crippen LogP contribution in [0.1, 0.15) is 94.5 Å². The lowest BCUT2D eigenvalue weighted by molar-refractivity contribution is -0.144. The van der Waals surface area contributed by atoms with Gasteiger partial charge in [0.25, 0.3) is 0 Å². The molecule has 0 spiro atoms. The summed E-state index contributed by atoms with van der Waals surface area (Å²) in [5.41, 5.74) is 6.09. The summed E-state index contributed by atoms with van der Waals surface area (Å²) in [6.45, 7) is 6.70. The van der Waals surface area contributed by atoms with Crippen molar-refractivity contribution in [1.29, 1.82) is 0 Å². The van der Waals surface area contributed by atoms with Crippen molar-refractivity contribution in [2.24, 2.45) is 46.2 Å². The Hall–Kier alpha value is -2.12. The van der Waals surface area contributed by atoms with E-state index in [0.29, 0.717) is 35.5 Å². The number of aliphatic hydroxyl groups is 1. The highest BCUT2D eigenvalue weighted by atomic mass is 16.3. The van der Waals surface area contributed by atoms with E-state index in [1.54, 1.807) is 31.2 Å². The normalized spacial score (nSPS) is 43.0. The van der Waals surface area contributed by atoms with Gasteiger partial charge in [-0.2, -0.15) is 0 Å². The highest BCUT2D eigenvalue weighted by molar-refractivity contribution is 5.92. The molecular weight excluding hydrogens is 422 g/mol. The smallest absolute Gasteiger partial charge is 0.248 e. The van der Waals surface area contributed by atoms with Crippen LogP contribution in [-0.4, -0.2) is 22.4 Å². The van der Waals surface area contributed by atoms with Crippen LogP contribution in [0.4, 0.5) is 0 Å². The van der Waals surface area contributed by atoms with Gasteiger partial charge in [0, 0.05) is 17.0 Å². The van der Waals surface area contributed by atoms with Crippen LogP contribution in [0.2, 0.25) is 0 Å². The molecule has 3 N–H and O–H groups in total. The molecule has 1 aromatic rings. The van der Waals surface area contributed by atoms with Gasteiger partial charge >= 0.3 is 0 Å². The second kappa shape index (κ2) is 8.23. The number of nitrogens with two attached hydrogens (primary N) is 1. The molecule has 0 bridgehead atoms. The number of fused-ring (bicyclic) bond motifs is 5. The summed E-state index contributed by atoms with van der Waals surface area (Å²) >= 11 is 0. The quantitative estimate of drug-likeness (QED) is 0.600. The molecule has 4 saturated carbocycles. The van der Waals surface area contributed by atoms with Crippen LogP contribution in [0.25, 0.3) is 0 Å². The number of hydrogen-bond donors (Lipinski definition) is 2. The largest absolute Gasteiger partial charge is 0.378 e. The van der Waals surface area contributed by atoms with Gasteiger partial charge in [0.2, 0.25) is 5.91 Å². The zero-order valence-corrected chi connectivity index (χ0v) is 20.9. The minimum absolute atomic E-state index is 0.196. The summed E-state index contributed by atoms with van der Waals surface area (Å²) in [4.78, 5) is 23.7. The fourth-order valence-electron chi connectivity index (χ4n) is 8.93. The standard InChI is InChI=1S/C30H39NO3/c1-19(32)24-10-11-25-23-9-8-22-18-30(34,15-12-20-4-6-21(7-5-20)27(31)33)17-16-28(22,2)26(23)13-14-29(24,25)3/h4-7,22-26,34H,8-11,13-14,16-18H2,1-3H3,(H2,31,33)/t22-,23+,24-,25+,26+,28+,29-,30-/m1/s1. The summed E-state index contributed by atoms with van der Waals surface area (Å²) in [5, 5.41) is 11.4. The maximum atomic E-state index is 12.4. The van der Waals surface area contributed by atoms with E-state index in [-0.39, 0.29) is 16.7 Å². The van der Waals surface area contributed by atoms with Crippen molar-refractivity contribution in [3.05, 3.63) is 35.4 Å². The second-order valence-electron chi connectivity index (χ2n) is 12.4. The molecular formula is C30H39NO3. The van der Waals surface area contributed by atoms with Crippen LogP contribution >= 0.6 is 0 Å². The SMILES string of the molecule is CC(=O)[C@H]1CC[C@H]2[C@@H]3CC[C@@H]4C[C@@](O)(C#Cc5ccc(C(N)=O)cc5)CC[C@]4(C)[C@H]3CC[C@]12C. The molecule has 4 aliphatic rings. The van der Waals surface area contributed by atoms with Crippen LogP contribution < -0.4 is 5.73 Å². The molecule has 0 aliphatic heterocycles. The highest BCUT2D eigenvalue weighted by Gasteiger charge is 2.61. The predicted molar refractivity (Wildman–Crippen MR) is 133 cm³/mol. The third-order valence-electron chi connectivity index (χ3n) is 10.8. The van der Waals surface area contributed by atoms with E-state index < -0.39 is 11.5 Å². The highest BCUT2D eigenvalue weighted by Crippen LogP contribution is 2.68. The Bertz CT molecular complexity index is 1050. The minimum atomic E-state index is -0.949. The first-order chi connectivity index (χ1) is 16.1. The molecule has 4 nitrogen and oxygen atoms in total. The molecule has 182 valence electrons. The molecule has 0 heterocycles. The van der Waals surface area contributed by atoms with Gasteiger partial charge in [-0.25, -0.2) is 0 Å². The number of Topliss-reactive ketones (excluding diaryl/α,β-unsaturated/α-hetero) is 1. The van der Waals surface area contributed by atoms with E-state index in [9.17, 15) is 14.7 Å². The molecule has 34 heavy (non-hydrogen) atoms. The number of ketones is 1. The van der Waals surface area contributed by atoms with Gasteiger partial charge in [-0.1, -0.05) is 25.7 Å². The topological polar surface area (TPSA) is 80.4 Å². The third kappa shape index (κ3) is 3.72. The Morgan fingerprint density at radius 3 is 2.32 bits per heavy atom. The van der Waals surface area contributed by atoms with E-state index >= 15 is 0 Å². The lowest BCUT2D eigenvalue weighted by Crippen LogP contribution is -2.56. The summed E-state index contributed by atoms with van der Waals surface area (Å²) in [6.07, 6.45) is 9.57. The maximum absolute atomic E-state index is 12.4. The minimum Gasteiger partial charge on any atom is -0.378 e. The van der Waals surface area contributed by atoms with Crippen molar-refractivity contribution in [2.45, 2.75) is 84.2 Å². The van der Waals surface area contributed by atoms with E-state index in [1.807, 2.05) is 0 Å². The van der Waals surface area contributed by atoms with Gasteiger partial charge in [0.1, 0.15) is 11.4 Å². The van der Waals surface area contributed by atoms with E-state index in [2.05, 4.69) is 25.7 Å². The number of carbonyl (C=O) groups is 2. The Balaban J connectivity index is 1.32. The Morgan fingerprint density at radius 2 is 1.65 bits per heavy atom.